The highest BCUT2D eigenvalue weighted by molar-refractivity contribution is 5.78. The number of rotatable bonds is 10. The van der Waals surface area contributed by atoms with Crippen molar-refractivity contribution in [3.63, 3.8) is 0 Å². The Balaban J connectivity index is 1.74. The van der Waals surface area contributed by atoms with Gasteiger partial charge in [-0.3, -0.25) is 4.79 Å². The second-order valence-electron chi connectivity index (χ2n) is 14.6. The van der Waals surface area contributed by atoms with Crippen LogP contribution in [0.3, 0.4) is 0 Å². The Bertz CT molecular complexity index is 1180. The molecule has 0 saturated heterocycles. The minimum Gasteiger partial charge on any atom is -0.488 e. The van der Waals surface area contributed by atoms with E-state index in [1.165, 1.54) is 73.6 Å². The molecule has 4 rings (SSSR count). The Kier molecular flexibility index (Phi) is 9.97. The number of esters is 1. The molecule has 2 aromatic rings. The molecule has 0 bridgehead atoms. The van der Waals surface area contributed by atoms with Crippen LogP contribution in [0.2, 0.25) is 0 Å². The summed E-state index contributed by atoms with van der Waals surface area (Å²) in [6.07, 6.45) is 14.3. The molecule has 2 aliphatic carbocycles. The Morgan fingerprint density at radius 1 is 0.683 bits per heavy atom. The molecule has 41 heavy (non-hydrogen) atoms. The van der Waals surface area contributed by atoms with E-state index in [2.05, 4.69) is 77.9 Å². The van der Waals surface area contributed by atoms with Gasteiger partial charge in [0.1, 0.15) is 17.1 Å². The van der Waals surface area contributed by atoms with Crippen LogP contribution in [0.1, 0.15) is 167 Å². The maximum Gasteiger partial charge on any atom is 0.316 e. The van der Waals surface area contributed by atoms with Gasteiger partial charge in [-0.05, 0) is 112 Å². The van der Waals surface area contributed by atoms with E-state index in [1.807, 2.05) is 13.8 Å². The van der Waals surface area contributed by atoms with Gasteiger partial charge in [0.15, 0.2) is 0 Å². The summed E-state index contributed by atoms with van der Waals surface area (Å²) < 4.78 is 12.8. The molecule has 226 valence electrons. The molecular formula is C38H56O3. The smallest absolute Gasteiger partial charge is 0.316 e. The third-order valence-corrected chi connectivity index (χ3v) is 10.4. The summed E-state index contributed by atoms with van der Waals surface area (Å²) in [6, 6.07) is 13.6. The highest BCUT2D eigenvalue weighted by atomic mass is 16.5. The first-order valence-corrected chi connectivity index (χ1v) is 16.6. The summed E-state index contributed by atoms with van der Waals surface area (Å²) in [5.41, 5.74) is 4.33. The van der Waals surface area contributed by atoms with Crippen molar-refractivity contribution in [2.75, 3.05) is 0 Å². The van der Waals surface area contributed by atoms with E-state index >= 15 is 0 Å². The summed E-state index contributed by atoms with van der Waals surface area (Å²) in [5.74, 6) is 2.69. The summed E-state index contributed by atoms with van der Waals surface area (Å²) in [6.45, 7) is 17.3. The molecule has 2 fully saturated rings. The standard InChI is InChI=1S/C38H56O3/c1-9-36(3,4)35(39)40-33-23-21-29(25-31(33)27-17-13-11-14-18-27)38(7,8)30-22-24-34(41-37(5,6)10-2)32(26-30)28-19-15-12-16-20-28/h21-28H,9-20H2,1-8H3. The molecule has 0 unspecified atom stereocenters. The summed E-state index contributed by atoms with van der Waals surface area (Å²) in [4.78, 5) is 13.1. The Hall–Kier alpha value is -2.29. The van der Waals surface area contributed by atoms with Crippen LogP contribution in [-0.2, 0) is 10.2 Å². The van der Waals surface area contributed by atoms with Crippen LogP contribution in [0, 0.1) is 5.41 Å². The van der Waals surface area contributed by atoms with Gasteiger partial charge in [-0.15, -0.1) is 0 Å². The SMILES string of the molecule is CCC(C)(C)Oc1ccc(C(C)(C)c2ccc(OC(=O)C(C)(C)CC)c(C3CCCCC3)c2)cc1C1CCCCC1. The Morgan fingerprint density at radius 2 is 1.15 bits per heavy atom. The number of hydrogen-bond acceptors (Lipinski definition) is 3. The van der Waals surface area contributed by atoms with E-state index in [-0.39, 0.29) is 17.0 Å². The molecule has 0 aromatic heterocycles. The van der Waals surface area contributed by atoms with Gasteiger partial charge in [0, 0.05) is 5.41 Å². The zero-order valence-corrected chi connectivity index (χ0v) is 27.3. The van der Waals surface area contributed by atoms with Crippen molar-refractivity contribution in [3.05, 3.63) is 58.7 Å². The fraction of sp³-hybridized carbons (Fsp3) is 0.658. The maximum absolute atomic E-state index is 13.1. The van der Waals surface area contributed by atoms with Gasteiger partial charge in [-0.1, -0.05) is 90.5 Å². The fourth-order valence-electron chi connectivity index (χ4n) is 6.44. The summed E-state index contributed by atoms with van der Waals surface area (Å²) in [7, 11) is 0. The Labute approximate surface area is 250 Å². The normalized spacial score (nSPS) is 17.9. The van der Waals surface area contributed by atoms with Crippen LogP contribution < -0.4 is 9.47 Å². The van der Waals surface area contributed by atoms with Crippen LogP contribution in [-0.4, -0.2) is 11.6 Å². The van der Waals surface area contributed by atoms with Crippen molar-refractivity contribution in [1.82, 2.24) is 0 Å². The van der Waals surface area contributed by atoms with Gasteiger partial charge in [-0.2, -0.15) is 0 Å². The molecule has 0 amide bonds. The minimum absolute atomic E-state index is 0.133. The van der Waals surface area contributed by atoms with Crippen LogP contribution >= 0.6 is 0 Å². The predicted octanol–water partition coefficient (Wildman–Crippen LogP) is 11.0. The fourth-order valence-corrected chi connectivity index (χ4v) is 6.44. The highest BCUT2D eigenvalue weighted by Crippen LogP contribution is 2.45. The molecule has 2 aromatic carbocycles. The molecule has 2 saturated carbocycles. The zero-order chi connectivity index (χ0) is 29.8. The molecule has 2 aliphatic rings. The van der Waals surface area contributed by atoms with E-state index in [9.17, 15) is 4.79 Å². The lowest BCUT2D eigenvalue weighted by molar-refractivity contribution is -0.144. The molecule has 0 N–H and O–H groups in total. The number of ether oxygens (including phenoxy) is 2. The quantitative estimate of drug-likeness (QED) is 0.214. The monoisotopic (exact) mass is 560 g/mol. The predicted molar refractivity (Wildman–Crippen MR) is 171 cm³/mol. The van der Waals surface area contributed by atoms with Crippen molar-refractivity contribution in [2.24, 2.45) is 5.41 Å². The van der Waals surface area contributed by atoms with Gasteiger partial charge in [0.25, 0.3) is 0 Å². The lowest BCUT2D eigenvalue weighted by Gasteiger charge is -2.33. The van der Waals surface area contributed by atoms with Crippen molar-refractivity contribution in [3.8, 4) is 11.5 Å². The summed E-state index contributed by atoms with van der Waals surface area (Å²) in [5, 5.41) is 0. The first kappa shape index (κ1) is 31.6. The van der Waals surface area contributed by atoms with E-state index in [0.717, 1.165) is 37.2 Å². The van der Waals surface area contributed by atoms with Gasteiger partial charge >= 0.3 is 5.97 Å². The van der Waals surface area contributed by atoms with Crippen molar-refractivity contribution in [2.45, 2.75) is 155 Å². The van der Waals surface area contributed by atoms with E-state index in [4.69, 9.17) is 9.47 Å². The van der Waals surface area contributed by atoms with Crippen LogP contribution in [0.4, 0.5) is 0 Å². The highest BCUT2D eigenvalue weighted by Gasteiger charge is 2.32. The molecule has 0 heterocycles. The van der Waals surface area contributed by atoms with Crippen molar-refractivity contribution >= 4 is 5.97 Å². The van der Waals surface area contributed by atoms with Gasteiger partial charge in [-0.25, -0.2) is 0 Å². The molecular weight excluding hydrogens is 504 g/mol. The van der Waals surface area contributed by atoms with E-state index in [1.54, 1.807) is 0 Å². The number of carbonyl (C=O) groups is 1. The van der Waals surface area contributed by atoms with Crippen LogP contribution in [0.5, 0.6) is 11.5 Å². The lowest BCUT2D eigenvalue weighted by atomic mass is 9.74. The first-order chi connectivity index (χ1) is 19.4. The first-order valence-electron chi connectivity index (χ1n) is 16.6. The second kappa shape index (κ2) is 12.9. The second-order valence-corrected chi connectivity index (χ2v) is 14.6. The van der Waals surface area contributed by atoms with Crippen LogP contribution in [0.15, 0.2) is 36.4 Å². The third kappa shape index (κ3) is 7.38. The average Bonchev–Trinajstić information content (AvgIpc) is 2.98. The molecule has 0 aliphatic heterocycles. The molecule has 3 heteroatoms. The van der Waals surface area contributed by atoms with E-state index < -0.39 is 5.41 Å². The third-order valence-electron chi connectivity index (χ3n) is 10.4. The molecule has 0 spiro atoms. The van der Waals surface area contributed by atoms with Crippen molar-refractivity contribution < 1.29 is 14.3 Å². The van der Waals surface area contributed by atoms with Gasteiger partial charge in [0.05, 0.1) is 5.41 Å². The average molecular weight is 561 g/mol. The molecule has 3 nitrogen and oxygen atoms in total. The Morgan fingerprint density at radius 3 is 1.61 bits per heavy atom. The van der Waals surface area contributed by atoms with Crippen molar-refractivity contribution in [1.29, 1.82) is 0 Å². The van der Waals surface area contributed by atoms with Crippen LogP contribution in [0.25, 0.3) is 0 Å². The number of benzene rings is 2. The number of carbonyl (C=O) groups excluding carboxylic acids is 1. The summed E-state index contributed by atoms with van der Waals surface area (Å²) >= 11 is 0. The largest absolute Gasteiger partial charge is 0.488 e. The topological polar surface area (TPSA) is 35.5 Å². The minimum atomic E-state index is -0.493. The molecule has 0 radical (unpaired) electrons. The maximum atomic E-state index is 13.1. The van der Waals surface area contributed by atoms with Gasteiger partial charge < -0.3 is 9.47 Å². The van der Waals surface area contributed by atoms with Gasteiger partial charge in [0.2, 0.25) is 0 Å². The number of hydrogen-bond donors (Lipinski definition) is 0. The molecule has 0 atom stereocenters. The lowest BCUT2D eigenvalue weighted by Crippen LogP contribution is -2.29. The zero-order valence-electron chi connectivity index (χ0n) is 27.3. The van der Waals surface area contributed by atoms with E-state index in [0.29, 0.717) is 11.8 Å².